The lowest BCUT2D eigenvalue weighted by atomic mass is 9.87. The Morgan fingerprint density at radius 3 is 2.41 bits per heavy atom. The average molecular weight is 376 g/mol. The third-order valence-electron chi connectivity index (χ3n) is 5.52. The number of rotatable bonds is 6. The molecule has 7 nitrogen and oxygen atoms in total. The van der Waals surface area contributed by atoms with E-state index in [-0.39, 0.29) is 30.3 Å². The normalized spacial score (nSPS) is 22.2. The fourth-order valence-corrected chi connectivity index (χ4v) is 4.08. The van der Waals surface area contributed by atoms with Crippen LogP contribution >= 0.6 is 0 Å². The van der Waals surface area contributed by atoms with Crippen molar-refractivity contribution in [3.8, 4) is 11.5 Å². The first-order valence-electron chi connectivity index (χ1n) is 9.36. The van der Waals surface area contributed by atoms with Gasteiger partial charge in [0.2, 0.25) is 11.8 Å². The highest BCUT2D eigenvalue weighted by molar-refractivity contribution is 5.84. The summed E-state index contributed by atoms with van der Waals surface area (Å²) in [6.45, 7) is 2.52. The maximum atomic E-state index is 13.2. The standard InChI is InChI=1S/C20H28N2O5/c1-25-13-19(23)22-11-16(15-7-6-14(26-2)10-18(15)27-3)17(12-22)20(24)21-8-4-5-9-21/h6-7,10,16-17H,4-5,8-9,11-13H2,1-3H3. The van der Waals surface area contributed by atoms with E-state index < -0.39 is 0 Å². The van der Waals surface area contributed by atoms with E-state index in [9.17, 15) is 9.59 Å². The van der Waals surface area contributed by atoms with Crippen LogP contribution in [0.2, 0.25) is 0 Å². The molecule has 2 saturated heterocycles. The summed E-state index contributed by atoms with van der Waals surface area (Å²) in [6, 6.07) is 5.64. The highest BCUT2D eigenvalue weighted by Gasteiger charge is 2.43. The predicted molar refractivity (Wildman–Crippen MR) is 100 cm³/mol. The molecule has 0 aromatic heterocycles. The molecule has 7 heteroatoms. The van der Waals surface area contributed by atoms with Crippen molar-refractivity contribution in [2.75, 3.05) is 54.1 Å². The second-order valence-electron chi connectivity index (χ2n) is 7.08. The maximum Gasteiger partial charge on any atom is 0.248 e. The number of nitrogens with zero attached hydrogens (tertiary/aromatic N) is 2. The van der Waals surface area contributed by atoms with Crippen LogP contribution in [0.5, 0.6) is 11.5 Å². The topological polar surface area (TPSA) is 68.3 Å². The minimum Gasteiger partial charge on any atom is -0.497 e. The number of amides is 2. The van der Waals surface area contributed by atoms with Gasteiger partial charge in [-0.1, -0.05) is 6.07 Å². The van der Waals surface area contributed by atoms with Gasteiger partial charge in [0.25, 0.3) is 0 Å². The molecule has 1 aromatic carbocycles. The fourth-order valence-electron chi connectivity index (χ4n) is 4.08. The van der Waals surface area contributed by atoms with Gasteiger partial charge in [-0.2, -0.15) is 0 Å². The largest absolute Gasteiger partial charge is 0.497 e. The molecule has 148 valence electrons. The second kappa shape index (κ2) is 8.61. The SMILES string of the molecule is COCC(=O)N1CC(C(=O)N2CCCC2)C(c2ccc(OC)cc2OC)C1. The molecule has 2 aliphatic rings. The van der Waals surface area contributed by atoms with Crippen molar-refractivity contribution < 1.29 is 23.8 Å². The molecule has 27 heavy (non-hydrogen) atoms. The van der Waals surface area contributed by atoms with Crippen molar-refractivity contribution in [1.82, 2.24) is 9.80 Å². The number of hydrogen-bond acceptors (Lipinski definition) is 5. The van der Waals surface area contributed by atoms with Gasteiger partial charge in [-0.05, 0) is 18.9 Å². The number of carbonyl (C=O) groups is 2. The predicted octanol–water partition coefficient (Wildman–Crippen LogP) is 1.51. The summed E-state index contributed by atoms with van der Waals surface area (Å²) in [6.07, 6.45) is 2.09. The smallest absolute Gasteiger partial charge is 0.248 e. The van der Waals surface area contributed by atoms with Gasteiger partial charge >= 0.3 is 0 Å². The number of hydrogen-bond donors (Lipinski definition) is 0. The molecular formula is C20H28N2O5. The van der Waals surface area contributed by atoms with Crippen LogP contribution in [0, 0.1) is 5.92 Å². The number of carbonyl (C=O) groups excluding carboxylic acids is 2. The minimum atomic E-state index is -0.272. The number of benzene rings is 1. The minimum absolute atomic E-state index is 0.0249. The molecule has 0 aliphatic carbocycles. The Hall–Kier alpha value is -2.28. The molecule has 0 bridgehead atoms. The zero-order valence-electron chi connectivity index (χ0n) is 16.3. The molecule has 2 unspecified atom stereocenters. The first kappa shape index (κ1) is 19.5. The molecule has 2 atom stereocenters. The monoisotopic (exact) mass is 376 g/mol. The second-order valence-corrected chi connectivity index (χ2v) is 7.08. The van der Waals surface area contributed by atoms with Gasteiger partial charge in [-0.3, -0.25) is 9.59 Å². The highest BCUT2D eigenvalue weighted by atomic mass is 16.5. The van der Waals surface area contributed by atoms with Gasteiger partial charge in [0.05, 0.1) is 20.1 Å². The maximum absolute atomic E-state index is 13.2. The van der Waals surface area contributed by atoms with Crippen LogP contribution in [0.25, 0.3) is 0 Å². The molecule has 2 amide bonds. The number of ether oxygens (including phenoxy) is 3. The summed E-state index contributed by atoms with van der Waals surface area (Å²) >= 11 is 0. The quantitative estimate of drug-likeness (QED) is 0.753. The van der Waals surface area contributed by atoms with Gasteiger partial charge in [-0.15, -0.1) is 0 Å². The van der Waals surface area contributed by atoms with Gasteiger partial charge in [0, 0.05) is 50.8 Å². The van der Waals surface area contributed by atoms with E-state index in [1.807, 2.05) is 23.1 Å². The van der Waals surface area contributed by atoms with E-state index in [0.29, 0.717) is 24.6 Å². The first-order chi connectivity index (χ1) is 13.1. The third kappa shape index (κ3) is 4.03. The van der Waals surface area contributed by atoms with Crippen molar-refractivity contribution in [3.05, 3.63) is 23.8 Å². The van der Waals surface area contributed by atoms with Crippen molar-refractivity contribution in [3.63, 3.8) is 0 Å². The fraction of sp³-hybridized carbons (Fsp3) is 0.600. The van der Waals surface area contributed by atoms with E-state index in [0.717, 1.165) is 31.5 Å². The Kier molecular flexibility index (Phi) is 6.21. The number of likely N-dealkylation sites (tertiary alicyclic amines) is 2. The summed E-state index contributed by atoms with van der Waals surface area (Å²) in [5.74, 6) is 1.03. The summed E-state index contributed by atoms with van der Waals surface area (Å²) in [5.41, 5.74) is 0.934. The van der Waals surface area contributed by atoms with Crippen LogP contribution in [0.3, 0.4) is 0 Å². The molecule has 0 saturated carbocycles. The van der Waals surface area contributed by atoms with Gasteiger partial charge in [-0.25, -0.2) is 0 Å². The number of methoxy groups -OCH3 is 3. The molecule has 2 heterocycles. The van der Waals surface area contributed by atoms with Crippen molar-refractivity contribution in [1.29, 1.82) is 0 Å². The van der Waals surface area contributed by atoms with Crippen LogP contribution in [0.1, 0.15) is 24.3 Å². The van der Waals surface area contributed by atoms with E-state index in [4.69, 9.17) is 14.2 Å². The molecule has 0 N–H and O–H groups in total. The van der Waals surface area contributed by atoms with Crippen LogP contribution in [-0.2, 0) is 14.3 Å². The molecule has 0 radical (unpaired) electrons. The Morgan fingerprint density at radius 2 is 1.78 bits per heavy atom. The first-order valence-corrected chi connectivity index (χ1v) is 9.36. The van der Waals surface area contributed by atoms with Gasteiger partial charge in [0.15, 0.2) is 0 Å². The van der Waals surface area contributed by atoms with E-state index in [1.54, 1.807) is 19.1 Å². The highest BCUT2D eigenvalue weighted by Crippen LogP contribution is 2.40. The Morgan fingerprint density at radius 1 is 1.04 bits per heavy atom. The summed E-state index contributed by atoms with van der Waals surface area (Å²) < 4.78 is 15.8. The molecular weight excluding hydrogens is 348 g/mol. The van der Waals surface area contributed by atoms with Crippen LogP contribution in [0.4, 0.5) is 0 Å². The van der Waals surface area contributed by atoms with E-state index >= 15 is 0 Å². The zero-order chi connectivity index (χ0) is 19.4. The lowest BCUT2D eigenvalue weighted by Gasteiger charge is -2.25. The lowest BCUT2D eigenvalue weighted by molar-refractivity contribution is -0.136. The van der Waals surface area contributed by atoms with Gasteiger partial charge < -0.3 is 24.0 Å². The van der Waals surface area contributed by atoms with Gasteiger partial charge in [0.1, 0.15) is 18.1 Å². The zero-order valence-corrected chi connectivity index (χ0v) is 16.3. The Balaban J connectivity index is 1.91. The van der Waals surface area contributed by atoms with Crippen LogP contribution in [0.15, 0.2) is 18.2 Å². The van der Waals surface area contributed by atoms with E-state index in [2.05, 4.69) is 0 Å². The Bertz CT molecular complexity index is 687. The summed E-state index contributed by atoms with van der Waals surface area (Å²) in [7, 11) is 4.72. The van der Waals surface area contributed by atoms with Crippen molar-refractivity contribution in [2.24, 2.45) is 5.92 Å². The average Bonchev–Trinajstić information content (AvgIpc) is 3.37. The molecule has 3 rings (SSSR count). The molecule has 2 fully saturated rings. The van der Waals surface area contributed by atoms with Crippen molar-refractivity contribution in [2.45, 2.75) is 18.8 Å². The van der Waals surface area contributed by atoms with E-state index in [1.165, 1.54) is 7.11 Å². The molecule has 2 aliphatic heterocycles. The summed E-state index contributed by atoms with van der Waals surface area (Å²) in [4.78, 5) is 29.2. The summed E-state index contributed by atoms with van der Waals surface area (Å²) in [5, 5.41) is 0. The van der Waals surface area contributed by atoms with Crippen LogP contribution < -0.4 is 9.47 Å². The Labute approximate surface area is 160 Å². The van der Waals surface area contributed by atoms with Crippen LogP contribution in [-0.4, -0.2) is 75.7 Å². The lowest BCUT2D eigenvalue weighted by Crippen LogP contribution is -2.38. The van der Waals surface area contributed by atoms with Crippen molar-refractivity contribution >= 4 is 11.8 Å². The molecule has 1 aromatic rings. The molecule has 0 spiro atoms. The third-order valence-corrected chi connectivity index (χ3v) is 5.52.